The first-order valence-corrected chi connectivity index (χ1v) is 9.67. The van der Waals surface area contributed by atoms with E-state index in [1.807, 2.05) is 30.3 Å². The molecular weight excluding hydrogens is 348 g/mol. The molecule has 2 aliphatic rings. The molecule has 2 heterocycles. The van der Waals surface area contributed by atoms with Crippen LogP contribution in [0.3, 0.4) is 0 Å². The molecule has 1 aromatic carbocycles. The zero-order valence-corrected chi connectivity index (χ0v) is 14.7. The number of aliphatic imine (C=N–C) groups is 1. The lowest BCUT2D eigenvalue weighted by molar-refractivity contribution is -0.115. The summed E-state index contributed by atoms with van der Waals surface area (Å²) in [6.45, 7) is 0. The molecular formula is C17H15ClN2OS2. The topological polar surface area (TPSA) is 41.5 Å². The van der Waals surface area contributed by atoms with Crippen molar-refractivity contribution in [3.8, 4) is 0 Å². The van der Waals surface area contributed by atoms with Crippen molar-refractivity contribution in [2.45, 2.75) is 31.7 Å². The number of carbonyl (C=O) groups is 1. The lowest BCUT2D eigenvalue weighted by atomic mass is 10.2. The van der Waals surface area contributed by atoms with Crippen LogP contribution in [-0.4, -0.2) is 17.1 Å². The zero-order chi connectivity index (χ0) is 15.8. The Kier molecular flexibility index (Phi) is 4.18. The maximum Gasteiger partial charge on any atom is 0.264 e. The predicted octanol–water partition coefficient (Wildman–Crippen LogP) is 5.06. The first-order valence-electron chi connectivity index (χ1n) is 7.66. The number of hydrogen-bond acceptors (Lipinski definition) is 4. The average molecular weight is 363 g/mol. The molecule has 0 spiro atoms. The number of nitrogens with one attached hydrogen (secondary N) is 1. The highest BCUT2D eigenvalue weighted by molar-refractivity contribution is 8.18. The third kappa shape index (κ3) is 3.05. The Bertz CT molecular complexity index is 834. The molecule has 118 valence electrons. The van der Waals surface area contributed by atoms with Gasteiger partial charge in [0.25, 0.3) is 5.91 Å². The number of nitrogens with zero attached hydrogens (tertiary/aromatic N) is 1. The molecule has 1 aliphatic carbocycles. The van der Waals surface area contributed by atoms with Gasteiger partial charge in [-0.15, -0.1) is 11.3 Å². The lowest BCUT2D eigenvalue weighted by Crippen LogP contribution is -2.21. The minimum absolute atomic E-state index is 0.0831. The minimum Gasteiger partial charge on any atom is -0.301 e. The monoisotopic (exact) mass is 362 g/mol. The predicted molar refractivity (Wildman–Crippen MR) is 100 cm³/mol. The summed E-state index contributed by atoms with van der Waals surface area (Å²) in [6, 6.07) is 8.38. The largest absolute Gasteiger partial charge is 0.301 e. The fourth-order valence-corrected chi connectivity index (χ4v) is 5.31. The Hall–Kier alpha value is -1.30. The van der Waals surface area contributed by atoms with E-state index in [0.29, 0.717) is 16.0 Å². The second-order valence-electron chi connectivity index (χ2n) is 5.71. The molecule has 4 rings (SSSR count). The average Bonchev–Trinajstić information content (AvgIpc) is 3.23. The molecule has 0 radical (unpaired) electrons. The molecule has 1 aliphatic heterocycles. The van der Waals surface area contributed by atoms with Crippen molar-refractivity contribution >= 4 is 61.9 Å². The van der Waals surface area contributed by atoms with Crippen LogP contribution in [0.25, 0.3) is 16.2 Å². The van der Waals surface area contributed by atoms with Crippen molar-refractivity contribution < 1.29 is 4.79 Å². The fourth-order valence-electron chi connectivity index (χ4n) is 2.93. The van der Waals surface area contributed by atoms with Crippen LogP contribution in [0, 0.1) is 0 Å². The number of halogens is 1. The number of fused-ring (bicyclic) bond motifs is 1. The number of amidine groups is 1. The Morgan fingerprint density at radius 3 is 2.83 bits per heavy atom. The highest BCUT2D eigenvalue weighted by Crippen LogP contribution is 2.38. The molecule has 2 fully saturated rings. The van der Waals surface area contributed by atoms with Crippen molar-refractivity contribution in [2.24, 2.45) is 4.99 Å². The molecule has 0 unspecified atom stereocenters. The Morgan fingerprint density at radius 1 is 1.26 bits per heavy atom. The molecule has 6 heteroatoms. The van der Waals surface area contributed by atoms with Gasteiger partial charge < -0.3 is 5.32 Å². The van der Waals surface area contributed by atoms with Crippen molar-refractivity contribution in [2.75, 3.05) is 0 Å². The summed E-state index contributed by atoms with van der Waals surface area (Å²) in [5, 5.41) is 5.35. The van der Waals surface area contributed by atoms with Crippen molar-refractivity contribution in [3.05, 3.63) is 39.1 Å². The molecule has 0 atom stereocenters. The third-order valence-corrected chi connectivity index (χ3v) is 6.66. The SMILES string of the molecule is O=C1NC(=NC2CCCC2)S/C1=C/c1sc2ccccc2c1Cl. The summed E-state index contributed by atoms with van der Waals surface area (Å²) in [4.78, 5) is 18.4. The van der Waals surface area contributed by atoms with Crippen LogP contribution < -0.4 is 5.32 Å². The van der Waals surface area contributed by atoms with Gasteiger partial charge >= 0.3 is 0 Å². The van der Waals surface area contributed by atoms with Gasteiger partial charge in [-0.2, -0.15) is 0 Å². The van der Waals surface area contributed by atoms with Gasteiger partial charge in [0, 0.05) is 15.0 Å². The van der Waals surface area contributed by atoms with E-state index >= 15 is 0 Å². The summed E-state index contributed by atoms with van der Waals surface area (Å²) in [7, 11) is 0. The number of amides is 1. The van der Waals surface area contributed by atoms with Gasteiger partial charge in [-0.1, -0.05) is 42.6 Å². The van der Waals surface area contributed by atoms with Crippen LogP contribution in [0.4, 0.5) is 0 Å². The van der Waals surface area contributed by atoms with E-state index in [4.69, 9.17) is 11.6 Å². The summed E-state index contributed by atoms with van der Waals surface area (Å²) >= 11 is 9.47. The van der Waals surface area contributed by atoms with Crippen molar-refractivity contribution in [3.63, 3.8) is 0 Å². The van der Waals surface area contributed by atoms with E-state index < -0.39 is 0 Å². The first kappa shape index (κ1) is 15.2. The molecule has 1 N–H and O–H groups in total. The number of benzene rings is 1. The van der Waals surface area contributed by atoms with E-state index in [0.717, 1.165) is 33.0 Å². The zero-order valence-electron chi connectivity index (χ0n) is 12.3. The quantitative estimate of drug-likeness (QED) is 0.759. The normalized spacial score (nSPS) is 22.6. The molecule has 1 saturated carbocycles. The molecule has 1 amide bonds. The summed E-state index contributed by atoms with van der Waals surface area (Å²) < 4.78 is 1.13. The molecule has 1 aromatic heterocycles. The Morgan fingerprint density at radius 2 is 2.04 bits per heavy atom. The molecule has 1 saturated heterocycles. The standard InChI is InChI=1S/C17H15ClN2OS2/c18-15-11-7-3-4-8-12(11)22-13(15)9-14-16(21)20-17(23-14)19-10-5-1-2-6-10/h3-4,7-10H,1-2,5-6H2,(H,19,20,21)/b14-9+. The molecule has 2 aromatic rings. The van der Waals surface area contributed by atoms with Crippen LogP contribution in [-0.2, 0) is 4.79 Å². The number of carbonyl (C=O) groups excluding carboxylic acids is 1. The van der Waals surface area contributed by atoms with Crippen LogP contribution in [0.5, 0.6) is 0 Å². The van der Waals surface area contributed by atoms with E-state index in [1.165, 1.54) is 24.6 Å². The first-order chi connectivity index (χ1) is 11.2. The number of rotatable bonds is 2. The van der Waals surface area contributed by atoms with Crippen molar-refractivity contribution in [1.29, 1.82) is 0 Å². The summed E-state index contributed by atoms with van der Waals surface area (Å²) in [5.41, 5.74) is 0. The van der Waals surface area contributed by atoms with Crippen LogP contribution >= 0.6 is 34.7 Å². The van der Waals surface area contributed by atoms with Gasteiger partial charge in [-0.05, 0) is 36.7 Å². The lowest BCUT2D eigenvalue weighted by Gasteiger charge is -2.02. The molecule has 3 nitrogen and oxygen atoms in total. The second kappa shape index (κ2) is 6.30. The third-order valence-electron chi connectivity index (χ3n) is 4.10. The van der Waals surface area contributed by atoms with Crippen LogP contribution in [0.2, 0.25) is 5.02 Å². The van der Waals surface area contributed by atoms with Gasteiger partial charge in [-0.25, -0.2) is 0 Å². The van der Waals surface area contributed by atoms with Gasteiger partial charge in [0.05, 0.1) is 16.0 Å². The van der Waals surface area contributed by atoms with Crippen molar-refractivity contribution in [1.82, 2.24) is 5.32 Å². The highest BCUT2D eigenvalue weighted by Gasteiger charge is 2.26. The number of thiophene rings is 1. The fraction of sp³-hybridized carbons (Fsp3) is 0.294. The highest BCUT2D eigenvalue weighted by atomic mass is 35.5. The van der Waals surface area contributed by atoms with E-state index in [9.17, 15) is 4.79 Å². The molecule has 0 bridgehead atoms. The van der Waals surface area contributed by atoms with Gasteiger partial charge in [-0.3, -0.25) is 9.79 Å². The van der Waals surface area contributed by atoms with Crippen LogP contribution in [0.1, 0.15) is 30.6 Å². The van der Waals surface area contributed by atoms with E-state index in [-0.39, 0.29) is 5.91 Å². The van der Waals surface area contributed by atoms with Gasteiger partial charge in [0.15, 0.2) is 5.17 Å². The number of hydrogen-bond donors (Lipinski definition) is 1. The van der Waals surface area contributed by atoms with Crippen LogP contribution in [0.15, 0.2) is 34.2 Å². The van der Waals surface area contributed by atoms with Gasteiger partial charge in [0.2, 0.25) is 0 Å². The van der Waals surface area contributed by atoms with E-state index in [2.05, 4.69) is 10.3 Å². The number of thioether (sulfide) groups is 1. The van der Waals surface area contributed by atoms with E-state index in [1.54, 1.807) is 11.3 Å². The Balaban J connectivity index is 1.62. The maximum absolute atomic E-state index is 12.2. The van der Waals surface area contributed by atoms with Gasteiger partial charge in [0.1, 0.15) is 0 Å². The smallest absolute Gasteiger partial charge is 0.264 e. The minimum atomic E-state index is -0.0831. The summed E-state index contributed by atoms with van der Waals surface area (Å²) in [6.07, 6.45) is 6.60. The summed E-state index contributed by atoms with van der Waals surface area (Å²) in [5.74, 6) is -0.0831. The second-order valence-corrected chi connectivity index (χ2v) is 8.21. The molecule has 23 heavy (non-hydrogen) atoms. The maximum atomic E-state index is 12.2. The Labute approximate surface area is 147 Å².